The molecule has 1 saturated carbocycles. The molecule has 1 amide bonds. The Bertz CT molecular complexity index is 492. The second-order valence-electron chi connectivity index (χ2n) is 5.22. The zero-order chi connectivity index (χ0) is 14.0. The Labute approximate surface area is 121 Å². The van der Waals surface area contributed by atoms with Crippen LogP contribution in [0.25, 0.3) is 0 Å². The number of halogens is 1. The molecule has 2 rings (SSSR count). The molecule has 0 heterocycles. The van der Waals surface area contributed by atoms with Crippen molar-refractivity contribution in [1.29, 1.82) is 0 Å². The van der Waals surface area contributed by atoms with Crippen LogP contribution in [0.5, 0.6) is 5.75 Å². The predicted octanol–water partition coefficient (Wildman–Crippen LogP) is 2.91. The number of amides is 1. The second-order valence-corrected chi connectivity index (χ2v) is 6.07. The number of benzene rings is 1. The standard InChI is InChI=1S/C14H19BrN2O2/c1-14(7-3-4-12(14)16)13(18)17-9-5-6-10(15)11(8-9)19-2/h5-6,8,12H,3-4,7,16H2,1-2H3,(H,17,18). The van der Waals surface area contributed by atoms with Gasteiger partial charge in [-0.25, -0.2) is 0 Å². The van der Waals surface area contributed by atoms with Crippen LogP contribution in [0.3, 0.4) is 0 Å². The number of hydrogen-bond donors (Lipinski definition) is 2. The molecule has 1 aromatic rings. The van der Waals surface area contributed by atoms with Gasteiger partial charge in [-0.05, 0) is 47.8 Å². The summed E-state index contributed by atoms with van der Waals surface area (Å²) in [4.78, 5) is 12.4. The summed E-state index contributed by atoms with van der Waals surface area (Å²) >= 11 is 3.39. The zero-order valence-electron chi connectivity index (χ0n) is 11.2. The maximum atomic E-state index is 12.4. The zero-order valence-corrected chi connectivity index (χ0v) is 12.8. The first-order chi connectivity index (χ1) is 8.97. The highest BCUT2D eigenvalue weighted by Crippen LogP contribution is 2.38. The number of ether oxygens (including phenoxy) is 1. The number of methoxy groups -OCH3 is 1. The van der Waals surface area contributed by atoms with E-state index in [2.05, 4.69) is 21.2 Å². The lowest BCUT2D eigenvalue weighted by molar-refractivity contribution is -0.125. The monoisotopic (exact) mass is 326 g/mol. The first-order valence-corrected chi connectivity index (χ1v) is 7.17. The van der Waals surface area contributed by atoms with E-state index in [1.54, 1.807) is 13.2 Å². The average Bonchev–Trinajstić information content (AvgIpc) is 2.73. The molecular weight excluding hydrogens is 308 g/mol. The minimum Gasteiger partial charge on any atom is -0.495 e. The molecule has 3 N–H and O–H groups in total. The first-order valence-electron chi connectivity index (χ1n) is 6.38. The van der Waals surface area contributed by atoms with E-state index in [9.17, 15) is 4.79 Å². The molecule has 0 spiro atoms. The van der Waals surface area contributed by atoms with Gasteiger partial charge in [0.1, 0.15) is 5.75 Å². The Morgan fingerprint density at radius 3 is 2.89 bits per heavy atom. The molecular formula is C14H19BrN2O2. The number of hydrogen-bond acceptors (Lipinski definition) is 3. The molecule has 5 heteroatoms. The summed E-state index contributed by atoms with van der Waals surface area (Å²) < 4.78 is 6.07. The molecule has 0 radical (unpaired) electrons. The van der Waals surface area contributed by atoms with Crippen molar-refractivity contribution >= 4 is 27.5 Å². The summed E-state index contributed by atoms with van der Waals surface area (Å²) in [5, 5.41) is 2.94. The van der Waals surface area contributed by atoms with Gasteiger partial charge in [-0.3, -0.25) is 4.79 Å². The number of carbonyl (C=O) groups is 1. The Morgan fingerprint density at radius 2 is 2.32 bits per heavy atom. The van der Waals surface area contributed by atoms with Crippen LogP contribution >= 0.6 is 15.9 Å². The van der Waals surface area contributed by atoms with E-state index < -0.39 is 5.41 Å². The summed E-state index contributed by atoms with van der Waals surface area (Å²) in [6.07, 6.45) is 2.76. The van der Waals surface area contributed by atoms with Gasteiger partial charge < -0.3 is 15.8 Å². The van der Waals surface area contributed by atoms with E-state index in [0.29, 0.717) is 5.75 Å². The first kappa shape index (κ1) is 14.3. The lowest BCUT2D eigenvalue weighted by Crippen LogP contribution is -2.44. The Hall–Kier alpha value is -1.07. The highest BCUT2D eigenvalue weighted by Gasteiger charge is 2.42. The van der Waals surface area contributed by atoms with Crippen LogP contribution in [-0.4, -0.2) is 19.1 Å². The van der Waals surface area contributed by atoms with Gasteiger partial charge in [0.2, 0.25) is 5.91 Å². The third kappa shape index (κ3) is 2.77. The molecule has 0 bridgehead atoms. The van der Waals surface area contributed by atoms with Gasteiger partial charge in [0.25, 0.3) is 0 Å². The normalized spacial score (nSPS) is 26.2. The third-order valence-corrected chi connectivity index (χ3v) is 4.61. The minimum atomic E-state index is -0.472. The topological polar surface area (TPSA) is 64.3 Å². The molecule has 2 atom stereocenters. The molecule has 4 nitrogen and oxygen atoms in total. The van der Waals surface area contributed by atoms with Crippen molar-refractivity contribution in [1.82, 2.24) is 0 Å². The van der Waals surface area contributed by atoms with E-state index in [0.717, 1.165) is 29.4 Å². The fourth-order valence-corrected chi connectivity index (χ4v) is 2.89. The smallest absolute Gasteiger partial charge is 0.231 e. The SMILES string of the molecule is COc1cc(NC(=O)C2(C)CCCC2N)ccc1Br. The number of anilines is 1. The largest absolute Gasteiger partial charge is 0.495 e. The summed E-state index contributed by atoms with van der Waals surface area (Å²) in [5.41, 5.74) is 6.31. The molecule has 0 saturated heterocycles. The van der Waals surface area contributed by atoms with Gasteiger partial charge >= 0.3 is 0 Å². The van der Waals surface area contributed by atoms with Crippen LogP contribution in [0.4, 0.5) is 5.69 Å². The molecule has 1 aliphatic carbocycles. The highest BCUT2D eigenvalue weighted by atomic mass is 79.9. The van der Waals surface area contributed by atoms with Gasteiger partial charge in [0, 0.05) is 17.8 Å². The minimum absolute atomic E-state index is 0.0122. The van der Waals surface area contributed by atoms with Crippen LogP contribution in [0.2, 0.25) is 0 Å². The Morgan fingerprint density at radius 1 is 1.58 bits per heavy atom. The maximum Gasteiger partial charge on any atom is 0.231 e. The predicted molar refractivity (Wildman–Crippen MR) is 79.3 cm³/mol. The lowest BCUT2D eigenvalue weighted by Gasteiger charge is -2.27. The van der Waals surface area contributed by atoms with Crippen LogP contribution in [-0.2, 0) is 4.79 Å². The van der Waals surface area contributed by atoms with E-state index >= 15 is 0 Å². The van der Waals surface area contributed by atoms with E-state index in [1.807, 2.05) is 19.1 Å². The maximum absolute atomic E-state index is 12.4. The summed E-state index contributed by atoms with van der Waals surface area (Å²) in [6.45, 7) is 1.94. The number of nitrogens with two attached hydrogens (primary N) is 1. The molecule has 1 fully saturated rings. The third-order valence-electron chi connectivity index (χ3n) is 3.96. The average molecular weight is 327 g/mol. The molecule has 104 valence electrons. The van der Waals surface area contributed by atoms with Crippen LogP contribution in [0, 0.1) is 5.41 Å². The highest BCUT2D eigenvalue weighted by molar-refractivity contribution is 9.10. The fourth-order valence-electron chi connectivity index (χ4n) is 2.49. The van der Waals surface area contributed by atoms with Crippen molar-refractivity contribution in [2.45, 2.75) is 32.2 Å². The van der Waals surface area contributed by atoms with Crippen molar-refractivity contribution < 1.29 is 9.53 Å². The van der Waals surface area contributed by atoms with Crippen molar-refractivity contribution in [2.24, 2.45) is 11.1 Å². The van der Waals surface area contributed by atoms with Crippen molar-refractivity contribution in [3.05, 3.63) is 22.7 Å². The van der Waals surface area contributed by atoms with E-state index in [-0.39, 0.29) is 11.9 Å². The molecule has 19 heavy (non-hydrogen) atoms. The summed E-state index contributed by atoms with van der Waals surface area (Å²) in [6, 6.07) is 5.43. The number of carbonyl (C=O) groups excluding carboxylic acids is 1. The molecule has 2 unspecified atom stereocenters. The quantitative estimate of drug-likeness (QED) is 0.897. The van der Waals surface area contributed by atoms with Crippen molar-refractivity contribution in [3.8, 4) is 5.75 Å². The van der Waals surface area contributed by atoms with Gasteiger partial charge in [-0.1, -0.05) is 6.42 Å². The van der Waals surface area contributed by atoms with Crippen LogP contribution in [0.15, 0.2) is 22.7 Å². The summed E-state index contributed by atoms with van der Waals surface area (Å²) in [5.74, 6) is 0.681. The molecule has 0 aliphatic heterocycles. The molecule has 0 aromatic heterocycles. The van der Waals surface area contributed by atoms with Gasteiger partial charge in [0.05, 0.1) is 17.0 Å². The fraction of sp³-hybridized carbons (Fsp3) is 0.500. The number of rotatable bonds is 3. The second kappa shape index (κ2) is 5.51. The molecule has 1 aliphatic rings. The van der Waals surface area contributed by atoms with Gasteiger partial charge in [-0.15, -0.1) is 0 Å². The van der Waals surface area contributed by atoms with E-state index in [1.165, 1.54) is 0 Å². The van der Waals surface area contributed by atoms with Crippen LogP contribution in [0.1, 0.15) is 26.2 Å². The van der Waals surface area contributed by atoms with Crippen LogP contribution < -0.4 is 15.8 Å². The van der Waals surface area contributed by atoms with Crippen molar-refractivity contribution in [3.63, 3.8) is 0 Å². The molecule has 1 aromatic carbocycles. The number of nitrogens with one attached hydrogen (secondary N) is 1. The van der Waals surface area contributed by atoms with Gasteiger partial charge in [0.15, 0.2) is 0 Å². The van der Waals surface area contributed by atoms with Gasteiger partial charge in [-0.2, -0.15) is 0 Å². The van der Waals surface area contributed by atoms with Crippen molar-refractivity contribution in [2.75, 3.05) is 12.4 Å². The Kier molecular flexibility index (Phi) is 4.16. The Balaban J connectivity index is 2.15. The lowest BCUT2D eigenvalue weighted by atomic mass is 9.84. The summed E-state index contributed by atoms with van der Waals surface area (Å²) in [7, 11) is 1.60. The van der Waals surface area contributed by atoms with E-state index in [4.69, 9.17) is 10.5 Å².